The van der Waals surface area contributed by atoms with Gasteiger partial charge in [0.1, 0.15) is 0 Å². The molecule has 0 saturated carbocycles. The molecule has 136 valence electrons. The first-order chi connectivity index (χ1) is 11.3. The number of alkyl halides is 1. The number of hydrogen-bond donors (Lipinski definition) is 1. The van der Waals surface area contributed by atoms with Crippen LogP contribution in [0.15, 0.2) is 24.8 Å². The number of methoxy groups -OCH3 is 2. The van der Waals surface area contributed by atoms with E-state index in [4.69, 9.17) is 21.1 Å². The van der Waals surface area contributed by atoms with Crippen LogP contribution in [0.25, 0.3) is 0 Å². The van der Waals surface area contributed by atoms with Gasteiger partial charge in [0.15, 0.2) is 11.5 Å². The minimum Gasteiger partial charge on any atom is -0.493 e. The van der Waals surface area contributed by atoms with Gasteiger partial charge < -0.3 is 9.47 Å². The van der Waals surface area contributed by atoms with Crippen LogP contribution in [0.5, 0.6) is 11.5 Å². The summed E-state index contributed by atoms with van der Waals surface area (Å²) >= 11 is 5.96. The molecule has 0 fully saturated rings. The van der Waals surface area contributed by atoms with Crippen molar-refractivity contribution in [2.24, 2.45) is 0 Å². The first kappa shape index (κ1) is 21.0. The highest BCUT2D eigenvalue weighted by atomic mass is 35.5. The zero-order valence-electron chi connectivity index (χ0n) is 15.1. The maximum atomic E-state index is 12.6. The number of rotatable bonds is 9. The molecule has 6 heteroatoms. The Balaban J connectivity index is 3.34. The molecular weight excluding hydrogens is 346 g/mol. The average Bonchev–Trinajstić information content (AvgIpc) is 2.53. The molecule has 0 saturated heterocycles. The van der Waals surface area contributed by atoms with E-state index in [0.717, 1.165) is 11.1 Å². The molecule has 0 aliphatic heterocycles. The fourth-order valence-corrected chi connectivity index (χ4v) is 3.33. The molecule has 2 atom stereocenters. The van der Waals surface area contributed by atoms with Gasteiger partial charge in [-0.15, -0.1) is 18.2 Å². The zero-order chi connectivity index (χ0) is 18.3. The van der Waals surface area contributed by atoms with Gasteiger partial charge in [0.05, 0.1) is 30.0 Å². The van der Waals surface area contributed by atoms with Crippen molar-refractivity contribution in [3.8, 4) is 11.5 Å². The molecule has 1 rings (SSSR count). The van der Waals surface area contributed by atoms with Crippen LogP contribution in [0.2, 0.25) is 0 Å². The summed E-state index contributed by atoms with van der Waals surface area (Å²) in [5, 5.41) is 0. The van der Waals surface area contributed by atoms with Gasteiger partial charge in [-0.05, 0) is 56.9 Å². The summed E-state index contributed by atoms with van der Waals surface area (Å²) in [4.78, 5) is 0. The first-order valence-electron chi connectivity index (χ1n) is 7.88. The lowest BCUT2D eigenvalue weighted by Crippen LogP contribution is -2.36. The second kappa shape index (κ2) is 9.44. The predicted molar refractivity (Wildman–Crippen MR) is 103 cm³/mol. The normalized spacial score (nSPS) is 14.1. The molecule has 1 aromatic carbocycles. The van der Waals surface area contributed by atoms with E-state index in [-0.39, 0.29) is 10.8 Å². The number of aryl methyl sites for hydroxylation is 1. The number of halogens is 1. The summed E-state index contributed by atoms with van der Waals surface area (Å²) in [7, 11) is 2.01. The minimum absolute atomic E-state index is 0.138. The molecule has 4 nitrogen and oxygen atoms in total. The number of ether oxygens (including phenoxy) is 2. The zero-order valence-corrected chi connectivity index (χ0v) is 16.7. The van der Waals surface area contributed by atoms with Crippen LogP contribution in [0.3, 0.4) is 0 Å². The maximum absolute atomic E-state index is 12.6. The molecule has 0 aliphatic rings. The first-order valence-corrected chi connectivity index (χ1v) is 9.56. The van der Waals surface area contributed by atoms with Gasteiger partial charge in [-0.3, -0.25) is 0 Å². The molecule has 0 bridgehead atoms. The van der Waals surface area contributed by atoms with Crippen molar-refractivity contribution in [2.75, 3.05) is 20.1 Å². The predicted octanol–water partition coefficient (Wildman–Crippen LogP) is 4.15. The highest BCUT2D eigenvalue weighted by Gasteiger charge is 2.25. The van der Waals surface area contributed by atoms with Crippen LogP contribution in [0, 0.1) is 0 Å². The number of hydrogen-bond acceptors (Lipinski definition) is 3. The SMILES string of the molecule is C=CC[C@@H](NS(=O)C(C)(C)C)c1cc(OC)c(OC)cc1CCCl. The third-order valence-electron chi connectivity index (χ3n) is 3.59. The molecule has 0 aliphatic carbocycles. The monoisotopic (exact) mass is 373 g/mol. The van der Waals surface area contributed by atoms with Gasteiger partial charge in [-0.1, -0.05) is 6.08 Å². The topological polar surface area (TPSA) is 47.6 Å². The smallest absolute Gasteiger partial charge is 0.161 e. The Morgan fingerprint density at radius 2 is 1.88 bits per heavy atom. The molecular formula is C18H28ClNO3S. The van der Waals surface area contributed by atoms with Crippen LogP contribution >= 0.6 is 11.6 Å². The largest absolute Gasteiger partial charge is 0.493 e. The Kier molecular flexibility index (Phi) is 8.27. The van der Waals surface area contributed by atoms with E-state index in [1.165, 1.54) is 0 Å². The third-order valence-corrected chi connectivity index (χ3v) is 5.39. The number of benzene rings is 1. The second-order valence-electron chi connectivity index (χ2n) is 6.42. The summed E-state index contributed by atoms with van der Waals surface area (Å²) in [6.45, 7) is 9.65. The van der Waals surface area contributed by atoms with Gasteiger partial charge >= 0.3 is 0 Å². The Bertz CT molecular complexity index is 584. The van der Waals surface area contributed by atoms with Crippen LogP contribution in [0.1, 0.15) is 44.4 Å². The summed E-state index contributed by atoms with van der Waals surface area (Å²) in [5.41, 5.74) is 2.05. The Hall–Kier alpha value is -1.04. The standard InChI is InChI=1S/C18H28ClNO3S/c1-7-8-15(20-24(21)18(2,3)4)14-12-17(23-6)16(22-5)11-13(14)9-10-19/h7,11-12,15,20H,1,8-10H2,2-6H3/t15-,24?/m1/s1. The fraction of sp³-hybridized carbons (Fsp3) is 0.556. The van der Waals surface area contributed by atoms with Crippen LogP contribution in [0.4, 0.5) is 0 Å². The van der Waals surface area contributed by atoms with Gasteiger partial charge in [0.25, 0.3) is 0 Å². The van der Waals surface area contributed by atoms with E-state index in [1.54, 1.807) is 14.2 Å². The maximum Gasteiger partial charge on any atom is 0.161 e. The van der Waals surface area contributed by atoms with Gasteiger partial charge in [-0.2, -0.15) is 0 Å². The van der Waals surface area contributed by atoms with E-state index < -0.39 is 11.0 Å². The van der Waals surface area contributed by atoms with Crippen molar-refractivity contribution in [3.63, 3.8) is 0 Å². The van der Waals surface area contributed by atoms with Crippen molar-refractivity contribution in [1.82, 2.24) is 4.72 Å². The quantitative estimate of drug-likeness (QED) is 0.522. The van der Waals surface area contributed by atoms with Crippen LogP contribution in [-0.2, 0) is 17.4 Å². The van der Waals surface area contributed by atoms with E-state index in [0.29, 0.717) is 30.2 Å². The van der Waals surface area contributed by atoms with E-state index in [2.05, 4.69) is 11.3 Å². The van der Waals surface area contributed by atoms with Crippen molar-refractivity contribution >= 4 is 22.6 Å². The van der Waals surface area contributed by atoms with Gasteiger partial charge in [0.2, 0.25) is 0 Å². The summed E-state index contributed by atoms with van der Waals surface area (Å²) < 4.78 is 26.2. The number of nitrogens with one attached hydrogen (secondary N) is 1. The molecule has 1 aromatic rings. The average molecular weight is 374 g/mol. The van der Waals surface area contributed by atoms with Crippen LogP contribution in [-0.4, -0.2) is 29.1 Å². The lowest BCUT2D eigenvalue weighted by atomic mass is 9.96. The van der Waals surface area contributed by atoms with Crippen molar-refractivity contribution in [3.05, 3.63) is 35.9 Å². The van der Waals surface area contributed by atoms with Gasteiger partial charge in [-0.25, -0.2) is 8.93 Å². The summed E-state index contributed by atoms with van der Waals surface area (Å²) in [6, 6.07) is 3.73. The Labute approximate surface area is 153 Å². The molecule has 0 radical (unpaired) electrons. The lowest BCUT2D eigenvalue weighted by molar-refractivity contribution is 0.353. The lowest BCUT2D eigenvalue weighted by Gasteiger charge is -2.26. The molecule has 24 heavy (non-hydrogen) atoms. The second-order valence-corrected chi connectivity index (χ2v) is 8.80. The van der Waals surface area contributed by atoms with E-state index in [1.807, 2.05) is 39.0 Å². The highest BCUT2D eigenvalue weighted by Crippen LogP contribution is 2.35. The molecule has 1 unspecified atom stereocenters. The minimum atomic E-state index is -1.20. The Morgan fingerprint density at radius 1 is 1.29 bits per heavy atom. The molecule has 0 aromatic heterocycles. The van der Waals surface area contributed by atoms with Crippen LogP contribution < -0.4 is 14.2 Å². The molecule has 0 spiro atoms. The van der Waals surface area contributed by atoms with Crippen molar-refractivity contribution < 1.29 is 13.7 Å². The van der Waals surface area contributed by atoms with E-state index in [9.17, 15) is 4.21 Å². The molecule has 1 N–H and O–H groups in total. The highest BCUT2D eigenvalue weighted by molar-refractivity contribution is 7.84. The Morgan fingerprint density at radius 3 is 2.33 bits per heavy atom. The third kappa shape index (κ3) is 5.50. The fourth-order valence-electron chi connectivity index (χ4n) is 2.29. The van der Waals surface area contributed by atoms with Gasteiger partial charge in [0, 0.05) is 11.9 Å². The summed E-state index contributed by atoms with van der Waals surface area (Å²) in [6.07, 6.45) is 3.15. The van der Waals surface area contributed by atoms with Crippen molar-refractivity contribution in [1.29, 1.82) is 0 Å². The molecule has 0 heterocycles. The van der Waals surface area contributed by atoms with Crippen molar-refractivity contribution in [2.45, 2.75) is 44.4 Å². The molecule has 0 amide bonds. The summed E-state index contributed by atoms with van der Waals surface area (Å²) in [5.74, 6) is 1.80. The van der Waals surface area contributed by atoms with E-state index >= 15 is 0 Å².